The van der Waals surface area contributed by atoms with Crippen LogP contribution in [0, 0.1) is 0 Å². The third kappa shape index (κ3) is 3.45. The van der Waals surface area contributed by atoms with Gasteiger partial charge in [-0.15, -0.1) is 0 Å². The van der Waals surface area contributed by atoms with Crippen LogP contribution in [0.3, 0.4) is 0 Å². The van der Waals surface area contributed by atoms with E-state index in [0.717, 1.165) is 5.56 Å². The second-order valence-electron chi connectivity index (χ2n) is 4.25. The van der Waals surface area contributed by atoms with Crippen LogP contribution in [0.5, 0.6) is 0 Å². The molecule has 4 nitrogen and oxygen atoms in total. The van der Waals surface area contributed by atoms with Crippen LogP contribution in [0.15, 0.2) is 59.5 Å². The van der Waals surface area contributed by atoms with Gasteiger partial charge in [0, 0.05) is 19.2 Å². The molecule has 0 saturated carbocycles. The smallest absolute Gasteiger partial charge is 0.241 e. The molecule has 0 radical (unpaired) electrons. The molecule has 0 fully saturated rings. The molecule has 0 aliphatic carbocycles. The molecule has 0 aromatic heterocycles. The maximum absolute atomic E-state index is 12.3. The number of benzene rings is 2. The van der Waals surface area contributed by atoms with Gasteiger partial charge in [0.1, 0.15) is 0 Å². The topological polar surface area (TPSA) is 55.4 Å². The number of nitrogens with one attached hydrogen (secondary N) is 1. The van der Waals surface area contributed by atoms with Gasteiger partial charge < -0.3 is 4.74 Å². The van der Waals surface area contributed by atoms with Crippen LogP contribution in [-0.4, -0.2) is 28.7 Å². The largest absolute Gasteiger partial charge is 0.383 e. The molecule has 0 bridgehead atoms. The van der Waals surface area contributed by atoms with Gasteiger partial charge in [0.05, 0.1) is 11.5 Å². The van der Waals surface area contributed by atoms with E-state index in [1.54, 1.807) is 18.2 Å². The standard InChI is InChI=1S/C15H17NO3S/c1-19-12-11-16-20(17,18)15-10-6-5-9-14(15)13-7-3-2-4-8-13/h2-10,16H,11-12H2,1H3. The molecule has 0 amide bonds. The van der Waals surface area contributed by atoms with Crippen molar-refractivity contribution in [2.45, 2.75) is 4.90 Å². The molecule has 2 aromatic rings. The van der Waals surface area contributed by atoms with Crippen molar-refractivity contribution in [2.24, 2.45) is 0 Å². The molecule has 0 aliphatic heterocycles. The summed E-state index contributed by atoms with van der Waals surface area (Å²) in [5.74, 6) is 0. The predicted octanol–water partition coefficient (Wildman–Crippen LogP) is 2.28. The van der Waals surface area contributed by atoms with Crippen molar-refractivity contribution in [3.05, 3.63) is 54.6 Å². The summed E-state index contributed by atoms with van der Waals surface area (Å²) in [5.41, 5.74) is 1.57. The Morgan fingerprint density at radius 3 is 2.35 bits per heavy atom. The van der Waals surface area contributed by atoms with Gasteiger partial charge in [0.25, 0.3) is 0 Å². The van der Waals surface area contributed by atoms with Crippen molar-refractivity contribution in [1.82, 2.24) is 4.72 Å². The van der Waals surface area contributed by atoms with Gasteiger partial charge in [-0.2, -0.15) is 0 Å². The summed E-state index contributed by atoms with van der Waals surface area (Å²) in [6.45, 7) is 0.592. The minimum absolute atomic E-state index is 0.252. The first kappa shape index (κ1) is 14.7. The summed E-state index contributed by atoms with van der Waals surface area (Å²) in [6, 6.07) is 16.4. The quantitative estimate of drug-likeness (QED) is 0.831. The Kier molecular flexibility index (Phi) is 4.89. The number of ether oxygens (including phenoxy) is 1. The summed E-state index contributed by atoms with van der Waals surface area (Å²) in [6.07, 6.45) is 0. The highest BCUT2D eigenvalue weighted by molar-refractivity contribution is 7.89. The molecular formula is C15H17NO3S. The van der Waals surface area contributed by atoms with Crippen LogP contribution in [-0.2, 0) is 14.8 Å². The van der Waals surface area contributed by atoms with Gasteiger partial charge in [-0.05, 0) is 11.6 Å². The van der Waals surface area contributed by atoms with Crippen LogP contribution >= 0.6 is 0 Å². The summed E-state index contributed by atoms with van der Waals surface area (Å²) >= 11 is 0. The highest BCUT2D eigenvalue weighted by Crippen LogP contribution is 2.26. The Morgan fingerprint density at radius 1 is 1.00 bits per heavy atom. The fourth-order valence-electron chi connectivity index (χ4n) is 1.91. The minimum atomic E-state index is -3.54. The summed E-state index contributed by atoms with van der Waals surface area (Å²) in [7, 11) is -2.01. The zero-order valence-electron chi connectivity index (χ0n) is 11.2. The molecular weight excluding hydrogens is 274 g/mol. The second-order valence-corrected chi connectivity index (χ2v) is 5.99. The Hall–Kier alpha value is -1.69. The minimum Gasteiger partial charge on any atom is -0.383 e. The lowest BCUT2D eigenvalue weighted by Gasteiger charge is -2.11. The molecule has 20 heavy (non-hydrogen) atoms. The van der Waals surface area contributed by atoms with E-state index in [4.69, 9.17) is 4.74 Å². The van der Waals surface area contributed by atoms with Gasteiger partial charge in [0.2, 0.25) is 10.0 Å². The van der Waals surface area contributed by atoms with Crippen molar-refractivity contribution in [3.63, 3.8) is 0 Å². The normalized spacial score (nSPS) is 11.4. The first-order valence-electron chi connectivity index (χ1n) is 6.28. The van der Waals surface area contributed by atoms with E-state index >= 15 is 0 Å². The van der Waals surface area contributed by atoms with E-state index in [2.05, 4.69) is 4.72 Å². The van der Waals surface area contributed by atoms with E-state index < -0.39 is 10.0 Å². The van der Waals surface area contributed by atoms with Gasteiger partial charge >= 0.3 is 0 Å². The molecule has 0 atom stereocenters. The van der Waals surface area contributed by atoms with Crippen molar-refractivity contribution < 1.29 is 13.2 Å². The number of hydrogen-bond acceptors (Lipinski definition) is 3. The SMILES string of the molecule is COCCNS(=O)(=O)c1ccccc1-c1ccccc1. The lowest BCUT2D eigenvalue weighted by atomic mass is 10.1. The fraction of sp³-hybridized carbons (Fsp3) is 0.200. The molecule has 5 heteroatoms. The maximum Gasteiger partial charge on any atom is 0.241 e. The Bertz CT molecular complexity index is 654. The molecule has 0 saturated heterocycles. The number of methoxy groups -OCH3 is 1. The van der Waals surface area contributed by atoms with Gasteiger partial charge in [-0.25, -0.2) is 13.1 Å². The number of rotatable bonds is 6. The predicted molar refractivity (Wildman–Crippen MR) is 78.9 cm³/mol. The van der Waals surface area contributed by atoms with Crippen LogP contribution in [0.25, 0.3) is 11.1 Å². The molecule has 2 rings (SSSR count). The van der Waals surface area contributed by atoms with E-state index in [9.17, 15) is 8.42 Å². The van der Waals surface area contributed by atoms with Crippen LogP contribution in [0.1, 0.15) is 0 Å². The molecule has 0 spiro atoms. The lowest BCUT2D eigenvalue weighted by Crippen LogP contribution is -2.27. The summed E-state index contributed by atoms with van der Waals surface area (Å²) in [5, 5.41) is 0. The molecule has 1 N–H and O–H groups in total. The van der Waals surface area contributed by atoms with Gasteiger partial charge in [-0.3, -0.25) is 0 Å². The highest BCUT2D eigenvalue weighted by Gasteiger charge is 2.18. The Morgan fingerprint density at radius 2 is 1.65 bits per heavy atom. The van der Waals surface area contributed by atoms with Crippen molar-refractivity contribution >= 4 is 10.0 Å². The average molecular weight is 291 g/mol. The summed E-state index contributed by atoms with van der Waals surface area (Å²) in [4.78, 5) is 0.280. The van der Waals surface area contributed by atoms with E-state index in [0.29, 0.717) is 12.2 Å². The molecule has 2 aromatic carbocycles. The van der Waals surface area contributed by atoms with Crippen LogP contribution in [0.4, 0.5) is 0 Å². The Balaban J connectivity index is 2.38. The fourth-order valence-corrected chi connectivity index (χ4v) is 3.15. The molecule has 106 valence electrons. The number of sulfonamides is 1. The van der Waals surface area contributed by atoms with E-state index in [1.807, 2.05) is 36.4 Å². The highest BCUT2D eigenvalue weighted by atomic mass is 32.2. The van der Waals surface area contributed by atoms with Gasteiger partial charge in [-0.1, -0.05) is 48.5 Å². The van der Waals surface area contributed by atoms with Crippen molar-refractivity contribution in [1.29, 1.82) is 0 Å². The molecule has 0 aliphatic rings. The van der Waals surface area contributed by atoms with Crippen molar-refractivity contribution in [3.8, 4) is 11.1 Å². The number of hydrogen-bond donors (Lipinski definition) is 1. The van der Waals surface area contributed by atoms with E-state index in [1.165, 1.54) is 7.11 Å². The van der Waals surface area contributed by atoms with Gasteiger partial charge in [0.15, 0.2) is 0 Å². The third-order valence-electron chi connectivity index (χ3n) is 2.86. The van der Waals surface area contributed by atoms with E-state index in [-0.39, 0.29) is 11.4 Å². The zero-order valence-corrected chi connectivity index (χ0v) is 12.1. The maximum atomic E-state index is 12.3. The Labute approximate surface area is 119 Å². The zero-order chi connectivity index (χ0) is 14.4. The first-order chi connectivity index (χ1) is 9.65. The average Bonchev–Trinajstić information content (AvgIpc) is 2.48. The lowest BCUT2D eigenvalue weighted by molar-refractivity contribution is 0.204. The molecule has 0 unspecified atom stereocenters. The first-order valence-corrected chi connectivity index (χ1v) is 7.76. The monoisotopic (exact) mass is 291 g/mol. The third-order valence-corrected chi connectivity index (χ3v) is 4.38. The van der Waals surface area contributed by atoms with Crippen molar-refractivity contribution in [2.75, 3.05) is 20.3 Å². The molecule has 0 heterocycles. The van der Waals surface area contributed by atoms with Crippen LogP contribution in [0.2, 0.25) is 0 Å². The van der Waals surface area contributed by atoms with Crippen LogP contribution < -0.4 is 4.72 Å². The summed E-state index contributed by atoms with van der Waals surface area (Å²) < 4.78 is 32.1. The second kappa shape index (κ2) is 6.65.